The zero-order valence-electron chi connectivity index (χ0n) is 9.32. The van der Waals surface area contributed by atoms with E-state index in [0.29, 0.717) is 0 Å². The van der Waals surface area contributed by atoms with Crippen LogP contribution in [0.5, 0.6) is 5.75 Å². The minimum Gasteiger partial charge on any atom is -0.496 e. The highest BCUT2D eigenvalue weighted by Crippen LogP contribution is 2.34. The monoisotopic (exact) mass is 314 g/mol. The van der Waals surface area contributed by atoms with E-state index in [0.717, 1.165) is 17.7 Å². The number of hydrogen-bond donors (Lipinski definition) is 0. The molecule has 1 nitrogen and oxygen atoms in total. The molecule has 17 heavy (non-hydrogen) atoms. The average molecular weight is 315 g/mol. The van der Waals surface area contributed by atoms with E-state index in [9.17, 15) is 4.39 Å². The Morgan fingerprint density at radius 1 is 1.41 bits per heavy atom. The molecule has 1 heterocycles. The summed E-state index contributed by atoms with van der Waals surface area (Å²) < 4.78 is 18.2. The first-order valence-electron chi connectivity index (χ1n) is 5.20. The van der Waals surface area contributed by atoms with Crippen LogP contribution in [-0.4, -0.2) is 7.11 Å². The van der Waals surface area contributed by atoms with Crippen LogP contribution in [0.4, 0.5) is 4.39 Å². The third kappa shape index (κ3) is 3.30. The molecular weight excluding hydrogens is 303 g/mol. The highest BCUT2D eigenvalue weighted by Gasteiger charge is 2.12. The van der Waals surface area contributed by atoms with Crippen molar-refractivity contribution in [2.45, 2.75) is 11.2 Å². The molecule has 0 amide bonds. The van der Waals surface area contributed by atoms with Crippen LogP contribution >= 0.6 is 27.3 Å². The van der Waals surface area contributed by atoms with Crippen molar-refractivity contribution >= 4 is 27.3 Å². The van der Waals surface area contributed by atoms with Crippen LogP contribution in [0.1, 0.15) is 15.3 Å². The van der Waals surface area contributed by atoms with Crippen LogP contribution in [0.3, 0.4) is 0 Å². The van der Waals surface area contributed by atoms with Crippen molar-refractivity contribution in [1.82, 2.24) is 0 Å². The topological polar surface area (TPSA) is 9.23 Å². The van der Waals surface area contributed by atoms with Gasteiger partial charge in [0.2, 0.25) is 0 Å². The van der Waals surface area contributed by atoms with Gasteiger partial charge in [0, 0.05) is 10.3 Å². The SMILES string of the molecule is COc1csc(C(Br)Cc2cccc(F)c2)c1. The van der Waals surface area contributed by atoms with Crippen molar-refractivity contribution < 1.29 is 9.13 Å². The van der Waals surface area contributed by atoms with Crippen LogP contribution in [0.15, 0.2) is 35.7 Å². The summed E-state index contributed by atoms with van der Waals surface area (Å²) in [6.45, 7) is 0. The fourth-order valence-electron chi connectivity index (χ4n) is 1.58. The molecule has 0 aliphatic heterocycles. The lowest BCUT2D eigenvalue weighted by atomic mass is 10.1. The first kappa shape index (κ1) is 12.6. The van der Waals surface area contributed by atoms with Crippen molar-refractivity contribution in [3.8, 4) is 5.75 Å². The molecule has 2 aromatic rings. The van der Waals surface area contributed by atoms with Crippen LogP contribution in [-0.2, 0) is 6.42 Å². The molecule has 0 spiro atoms. The average Bonchev–Trinajstić information content (AvgIpc) is 2.77. The van der Waals surface area contributed by atoms with Gasteiger partial charge in [-0.1, -0.05) is 28.1 Å². The molecule has 90 valence electrons. The third-order valence-electron chi connectivity index (χ3n) is 2.44. The number of benzene rings is 1. The molecular formula is C13H12BrFOS. The molecule has 1 unspecified atom stereocenters. The predicted molar refractivity (Wildman–Crippen MR) is 72.6 cm³/mol. The number of halogens is 2. The maximum Gasteiger partial charge on any atom is 0.129 e. The predicted octanol–water partition coefficient (Wildman–Crippen LogP) is 4.57. The van der Waals surface area contributed by atoms with Gasteiger partial charge in [-0.15, -0.1) is 11.3 Å². The molecule has 0 N–H and O–H groups in total. The summed E-state index contributed by atoms with van der Waals surface area (Å²) in [4.78, 5) is 1.38. The molecule has 0 aliphatic rings. The Morgan fingerprint density at radius 3 is 2.88 bits per heavy atom. The summed E-state index contributed by atoms with van der Waals surface area (Å²) >= 11 is 5.26. The second kappa shape index (κ2) is 5.65. The fraction of sp³-hybridized carbons (Fsp3) is 0.231. The lowest BCUT2D eigenvalue weighted by molar-refractivity contribution is 0.416. The van der Waals surface area contributed by atoms with Crippen LogP contribution < -0.4 is 4.74 Å². The Balaban J connectivity index is 2.08. The summed E-state index contributed by atoms with van der Waals surface area (Å²) in [6.07, 6.45) is 0.765. The molecule has 2 rings (SSSR count). The second-order valence-electron chi connectivity index (χ2n) is 3.69. The number of hydrogen-bond acceptors (Lipinski definition) is 2. The number of rotatable bonds is 4. The van der Waals surface area contributed by atoms with Gasteiger partial charge in [0.25, 0.3) is 0 Å². The van der Waals surface area contributed by atoms with Gasteiger partial charge < -0.3 is 4.74 Å². The number of thiophene rings is 1. The van der Waals surface area contributed by atoms with Crippen LogP contribution in [0.25, 0.3) is 0 Å². The van der Waals surface area contributed by atoms with Crippen LogP contribution in [0, 0.1) is 5.82 Å². The Bertz CT molecular complexity index is 498. The van der Waals surface area contributed by atoms with Crippen molar-refractivity contribution in [3.63, 3.8) is 0 Å². The number of alkyl halides is 1. The van der Waals surface area contributed by atoms with E-state index in [1.54, 1.807) is 30.6 Å². The minimum absolute atomic E-state index is 0.189. The van der Waals surface area contributed by atoms with Crippen molar-refractivity contribution in [3.05, 3.63) is 52.0 Å². The van der Waals surface area contributed by atoms with E-state index in [4.69, 9.17) is 4.74 Å². The van der Waals surface area contributed by atoms with E-state index in [1.165, 1.54) is 10.9 Å². The quantitative estimate of drug-likeness (QED) is 0.751. The molecule has 0 aliphatic carbocycles. The van der Waals surface area contributed by atoms with E-state index < -0.39 is 0 Å². The van der Waals surface area contributed by atoms with Gasteiger partial charge >= 0.3 is 0 Å². The summed E-state index contributed by atoms with van der Waals surface area (Å²) in [5, 5.41) is 1.97. The molecule has 0 radical (unpaired) electrons. The number of ether oxygens (including phenoxy) is 1. The lowest BCUT2D eigenvalue weighted by Gasteiger charge is -2.07. The summed E-state index contributed by atoms with van der Waals surface area (Å²) in [5.41, 5.74) is 0.985. The molecule has 4 heteroatoms. The maximum absolute atomic E-state index is 13.0. The van der Waals surface area contributed by atoms with Gasteiger partial charge in [-0.3, -0.25) is 0 Å². The van der Waals surface area contributed by atoms with Gasteiger partial charge in [-0.2, -0.15) is 0 Å². The molecule has 1 aromatic heterocycles. The third-order valence-corrected chi connectivity index (χ3v) is 4.59. The van der Waals surface area contributed by atoms with E-state index in [1.807, 2.05) is 17.5 Å². The van der Waals surface area contributed by atoms with Gasteiger partial charge in [0.1, 0.15) is 11.6 Å². The summed E-state index contributed by atoms with van der Waals surface area (Å²) in [7, 11) is 1.65. The van der Waals surface area contributed by atoms with Crippen molar-refractivity contribution in [2.75, 3.05) is 7.11 Å². The maximum atomic E-state index is 13.0. The molecule has 0 fully saturated rings. The molecule has 1 aromatic carbocycles. The zero-order chi connectivity index (χ0) is 12.3. The summed E-state index contributed by atoms with van der Waals surface area (Å²) in [5.74, 6) is 0.680. The number of methoxy groups -OCH3 is 1. The molecule has 1 atom stereocenters. The smallest absolute Gasteiger partial charge is 0.129 e. The second-order valence-corrected chi connectivity index (χ2v) is 5.74. The summed E-state index contributed by atoms with van der Waals surface area (Å²) in [6, 6.07) is 8.70. The van der Waals surface area contributed by atoms with E-state index in [-0.39, 0.29) is 10.6 Å². The lowest BCUT2D eigenvalue weighted by Crippen LogP contribution is -1.93. The molecule has 0 bridgehead atoms. The standard InChI is InChI=1S/C13H12BrFOS/c1-16-11-7-13(17-8-11)12(14)6-9-3-2-4-10(15)5-9/h2-5,7-8,12H,6H2,1H3. The van der Waals surface area contributed by atoms with E-state index in [2.05, 4.69) is 15.9 Å². The normalized spacial score (nSPS) is 12.4. The Labute approximate surface area is 112 Å². The van der Waals surface area contributed by atoms with Gasteiger partial charge in [-0.25, -0.2) is 4.39 Å². The molecule has 0 saturated heterocycles. The highest BCUT2D eigenvalue weighted by molar-refractivity contribution is 9.09. The Morgan fingerprint density at radius 2 is 2.24 bits per heavy atom. The first-order valence-corrected chi connectivity index (χ1v) is 6.99. The van der Waals surface area contributed by atoms with Gasteiger partial charge in [0.15, 0.2) is 0 Å². The molecule has 0 saturated carbocycles. The van der Waals surface area contributed by atoms with Crippen molar-refractivity contribution in [1.29, 1.82) is 0 Å². The van der Waals surface area contributed by atoms with Crippen molar-refractivity contribution in [2.24, 2.45) is 0 Å². The van der Waals surface area contributed by atoms with Gasteiger partial charge in [-0.05, 0) is 30.2 Å². The van der Waals surface area contributed by atoms with Gasteiger partial charge in [0.05, 0.1) is 11.9 Å². The van der Waals surface area contributed by atoms with E-state index >= 15 is 0 Å². The first-order chi connectivity index (χ1) is 8.19. The fourth-order valence-corrected chi connectivity index (χ4v) is 3.24. The highest BCUT2D eigenvalue weighted by atomic mass is 79.9. The van der Waals surface area contributed by atoms with Crippen LogP contribution in [0.2, 0.25) is 0 Å². The Kier molecular flexibility index (Phi) is 4.18. The largest absolute Gasteiger partial charge is 0.496 e. The zero-order valence-corrected chi connectivity index (χ0v) is 11.7. The minimum atomic E-state index is -0.189. The Hall–Kier alpha value is -0.870.